The lowest BCUT2D eigenvalue weighted by Gasteiger charge is -2.27. The van der Waals surface area contributed by atoms with Crippen LogP contribution >= 0.6 is 11.6 Å². The van der Waals surface area contributed by atoms with Crippen LogP contribution in [0.2, 0.25) is 5.02 Å². The van der Waals surface area contributed by atoms with Gasteiger partial charge in [0.15, 0.2) is 0 Å². The minimum atomic E-state index is -0.448. The average molecular weight is 285 g/mol. The summed E-state index contributed by atoms with van der Waals surface area (Å²) in [5.41, 5.74) is 0.277. The molecule has 6 heteroatoms. The Kier molecular flexibility index (Phi) is 4.04. The molecular weight excluding hydrogens is 271 g/mol. The summed E-state index contributed by atoms with van der Waals surface area (Å²) in [5.74, 6) is -0.864. The molecule has 1 unspecified atom stereocenters. The van der Waals surface area contributed by atoms with E-state index in [1.807, 2.05) is 0 Å². The number of nitrogens with zero attached hydrogens (tertiary/aromatic N) is 1. The van der Waals surface area contributed by atoms with E-state index in [-0.39, 0.29) is 48.0 Å². The van der Waals surface area contributed by atoms with E-state index in [0.29, 0.717) is 0 Å². The van der Waals surface area contributed by atoms with Gasteiger partial charge in [0.2, 0.25) is 11.8 Å². The van der Waals surface area contributed by atoms with Gasteiger partial charge in [-0.1, -0.05) is 17.7 Å². The van der Waals surface area contributed by atoms with Gasteiger partial charge in [-0.05, 0) is 19.1 Å². The van der Waals surface area contributed by atoms with Crippen LogP contribution in [0.4, 0.5) is 4.39 Å². The van der Waals surface area contributed by atoms with Crippen LogP contribution in [-0.4, -0.2) is 29.3 Å². The fourth-order valence-corrected chi connectivity index (χ4v) is 2.29. The van der Waals surface area contributed by atoms with Gasteiger partial charge in [0.05, 0.1) is 13.1 Å². The second-order valence-corrected chi connectivity index (χ2v) is 4.96. The van der Waals surface area contributed by atoms with Crippen LogP contribution in [0.25, 0.3) is 0 Å². The van der Waals surface area contributed by atoms with Crippen molar-refractivity contribution in [2.45, 2.75) is 25.9 Å². The highest BCUT2D eigenvalue weighted by molar-refractivity contribution is 6.31. The molecule has 102 valence electrons. The van der Waals surface area contributed by atoms with Gasteiger partial charge in [0, 0.05) is 23.0 Å². The second-order valence-electron chi connectivity index (χ2n) is 4.55. The standard InChI is InChI=1S/C13H14ClFN2O2/c1-8-5-12(18)16-6-13(19)17(8)7-9-10(14)3-2-4-11(9)15/h2-4,8H,5-7H2,1H3,(H,16,18). The summed E-state index contributed by atoms with van der Waals surface area (Å²) in [6, 6.07) is 4.11. The Morgan fingerprint density at radius 1 is 1.47 bits per heavy atom. The molecule has 19 heavy (non-hydrogen) atoms. The third-order valence-corrected chi connectivity index (χ3v) is 3.51. The molecule has 0 aliphatic carbocycles. The number of hydrogen-bond donors (Lipinski definition) is 1. The molecule has 1 aromatic rings. The van der Waals surface area contributed by atoms with Gasteiger partial charge in [-0.15, -0.1) is 0 Å². The molecule has 0 radical (unpaired) electrons. The molecule has 1 heterocycles. The SMILES string of the molecule is CC1CC(=O)NCC(=O)N1Cc1c(F)cccc1Cl. The Morgan fingerprint density at radius 2 is 2.21 bits per heavy atom. The zero-order chi connectivity index (χ0) is 14.0. The molecule has 4 nitrogen and oxygen atoms in total. The van der Waals surface area contributed by atoms with Crippen LogP contribution in [-0.2, 0) is 16.1 Å². The van der Waals surface area contributed by atoms with Crippen molar-refractivity contribution in [1.82, 2.24) is 10.2 Å². The molecule has 1 atom stereocenters. The quantitative estimate of drug-likeness (QED) is 0.899. The van der Waals surface area contributed by atoms with Crippen molar-refractivity contribution in [3.8, 4) is 0 Å². The smallest absolute Gasteiger partial charge is 0.242 e. The van der Waals surface area contributed by atoms with E-state index in [0.717, 1.165) is 0 Å². The normalized spacial score (nSPS) is 20.2. The average Bonchev–Trinajstić information content (AvgIpc) is 2.46. The maximum atomic E-state index is 13.7. The van der Waals surface area contributed by atoms with Crippen molar-refractivity contribution >= 4 is 23.4 Å². The number of hydrogen-bond acceptors (Lipinski definition) is 2. The maximum Gasteiger partial charge on any atom is 0.242 e. The first-order chi connectivity index (χ1) is 8.99. The summed E-state index contributed by atoms with van der Waals surface area (Å²) in [4.78, 5) is 24.8. The minimum absolute atomic E-state index is 0.0603. The van der Waals surface area contributed by atoms with Crippen LogP contribution in [0.15, 0.2) is 18.2 Å². The van der Waals surface area contributed by atoms with Crippen molar-refractivity contribution < 1.29 is 14.0 Å². The number of carbonyl (C=O) groups is 2. The summed E-state index contributed by atoms with van der Waals surface area (Å²) in [7, 11) is 0. The zero-order valence-electron chi connectivity index (χ0n) is 10.5. The van der Waals surface area contributed by atoms with E-state index in [4.69, 9.17) is 11.6 Å². The van der Waals surface area contributed by atoms with Crippen molar-refractivity contribution in [2.75, 3.05) is 6.54 Å². The number of carbonyl (C=O) groups excluding carboxylic acids is 2. The molecule has 1 aliphatic rings. The van der Waals surface area contributed by atoms with Crippen molar-refractivity contribution in [3.05, 3.63) is 34.6 Å². The molecule has 0 bridgehead atoms. The van der Waals surface area contributed by atoms with Gasteiger partial charge in [-0.25, -0.2) is 4.39 Å². The topological polar surface area (TPSA) is 49.4 Å². The lowest BCUT2D eigenvalue weighted by atomic mass is 10.1. The largest absolute Gasteiger partial charge is 0.347 e. The third kappa shape index (κ3) is 3.04. The Morgan fingerprint density at radius 3 is 2.89 bits per heavy atom. The first kappa shape index (κ1) is 13.8. The lowest BCUT2D eigenvalue weighted by Crippen LogP contribution is -2.39. The molecule has 1 aromatic carbocycles. The van der Waals surface area contributed by atoms with Crippen LogP contribution in [0, 0.1) is 5.82 Å². The first-order valence-corrected chi connectivity index (χ1v) is 6.36. The molecular formula is C13H14ClFN2O2. The summed E-state index contributed by atoms with van der Waals surface area (Å²) in [5, 5.41) is 2.79. The lowest BCUT2D eigenvalue weighted by molar-refractivity contribution is -0.132. The number of nitrogens with one attached hydrogen (secondary N) is 1. The fourth-order valence-electron chi connectivity index (χ4n) is 2.07. The molecule has 0 aromatic heterocycles. The zero-order valence-corrected chi connectivity index (χ0v) is 11.2. The van der Waals surface area contributed by atoms with E-state index < -0.39 is 5.82 Å². The molecule has 0 saturated carbocycles. The van der Waals surface area contributed by atoms with Crippen molar-refractivity contribution in [1.29, 1.82) is 0 Å². The number of halogens is 2. The Hall–Kier alpha value is -1.62. The monoisotopic (exact) mass is 284 g/mol. The van der Waals surface area contributed by atoms with Crippen LogP contribution in [0.3, 0.4) is 0 Å². The molecule has 2 rings (SSSR count). The molecule has 1 fully saturated rings. The van der Waals surface area contributed by atoms with Gasteiger partial charge in [-0.3, -0.25) is 9.59 Å². The third-order valence-electron chi connectivity index (χ3n) is 3.16. The van der Waals surface area contributed by atoms with Gasteiger partial charge in [0.25, 0.3) is 0 Å². The first-order valence-electron chi connectivity index (χ1n) is 5.98. The predicted molar refractivity (Wildman–Crippen MR) is 69.0 cm³/mol. The van der Waals surface area contributed by atoms with Gasteiger partial charge < -0.3 is 10.2 Å². The van der Waals surface area contributed by atoms with Gasteiger partial charge >= 0.3 is 0 Å². The highest BCUT2D eigenvalue weighted by atomic mass is 35.5. The molecule has 1 saturated heterocycles. The summed E-state index contributed by atoms with van der Waals surface area (Å²) < 4.78 is 13.7. The van der Waals surface area contributed by atoms with Crippen LogP contribution in [0.5, 0.6) is 0 Å². The Balaban J connectivity index is 2.25. The van der Waals surface area contributed by atoms with Gasteiger partial charge in [0.1, 0.15) is 5.82 Å². The summed E-state index contributed by atoms with van der Waals surface area (Å²) >= 11 is 5.95. The predicted octanol–water partition coefficient (Wildman–Crippen LogP) is 1.72. The molecule has 1 aliphatic heterocycles. The highest BCUT2D eigenvalue weighted by Crippen LogP contribution is 2.22. The molecule has 0 spiro atoms. The van der Waals surface area contributed by atoms with Crippen LogP contribution < -0.4 is 5.32 Å². The Labute approximate surface area is 115 Å². The van der Waals surface area contributed by atoms with E-state index in [1.54, 1.807) is 13.0 Å². The fraction of sp³-hybridized carbons (Fsp3) is 0.385. The highest BCUT2D eigenvalue weighted by Gasteiger charge is 2.27. The van der Waals surface area contributed by atoms with E-state index in [9.17, 15) is 14.0 Å². The van der Waals surface area contributed by atoms with E-state index in [2.05, 4.69) is 5.32 Å². The van der Waals surface area contributed by atoms with Crippen LogP contribution in [0.1, 0.15) is 18.9 Å². The Bertz CT molecular complexity index is 501. The molecule has 2 amide bonds. The number of amides is 2. The molecule has 1 N–H and O–H groups in total. The summed E-state index contributed by atoms with van der Waals surface area (Å²) in [6.45, 7) is 1.77. The maximum absolute atomic E-state index is 13.7. The number of rotatable bonds is 2. The van der Waals surface area contributed by atoms with Gasteiger partial charge in [-0.2, -0.15) is 0 Å². The van der Waals surface area contributed by atoms with Crippen molar-refractivity contribution in [2.24, 2.45) is 0 Å². The number of benzene rings is 1. The van der Waals surface area contributed by atoms with E-state index >= 15 is 0 Å². The minimum Gasteiger partial charge on any atom is -0.347 e. The summed E-state index contributed by atoms with van der Waals surface area (Å²) in [6.07, 6.45) is 0.206. The second kappa shape index (κ2) is 5.57. The van der Waals surface area contributed by atoms with E-state index in [1.165, 1.54) is 17.0 Å². The van der Waals surface area contributed by atoms with Crippen molar-refractivity contribution in [3.63, 3.8) is 0 Å².